The first-order valence-electron chi connectivity index (χ1n) is 11.7. The van der Waals surface area contributed by atoms with Crippen molar-refractivity contribution in [3.63, 3.8) is 0 Å². The van der Waals surface area contributed by atoms with Crippen molar-refractivity contribution in [3.05, 3.63) is 12.2 Å². The summed E-state index contributed by atoms with van der Waals surface area (Å²) >= 11 is 0. The third kappa shape index (κ3) is 6.38. The van der Waals surface area contributed by atoms with Crippen molar-refractivity contribution in [1.29, 1.82) is 0 Å². The maximum Gasteiger partial charge on any atom is 0.311 e. The quantitative estimate of drug-likeness (QED) is 0.620. The average molecular weight is 456 g/mol. The molecule has 2 heterocycles. The van der Waals surface area contributed by atoms with E-state index in [0.29, 0.717) is 25.9 Å². The highest BCUT2D eigenvalue weighted by Crippen LogP contribution is 2.31. The Labute approximate surface area is 191 Å². The third-order valence-corrected chi connectivity index (χ3v) is 6.83. The van der Waals surface area contributed by atoms with E-state index in [1.54, 1.807) is 6.92 Å². The highest BCUT2D eigenvalue weighted by molar-refractivity contribution is 5.91. The second-order valence-electron chi connectivity index (χ2n) is 9.85. The Bertz CT molecular complexity index is 677. The number of hydrogen-bond donors (Lipinski definition) is 2. The number of aliphatic hydroxyl groups excluding tert-OH is 1. The molecule has 0 bridgehead atoms. The molecule has 2 N–H and O–H groups in total. The molecule has 0 spiro atoms. The van der Waals surface area contributed by atoms with Gasteiger partial charge in [-0.15, -0.1) is 0 Å². The Kier molecular flexibility index (Phi) is 9.43. The van der Waals surface area contributed by atoms with E-state index in [2.05, 4.69) is 0 Å². The minimum absolute atomic E-state index is 0.105. The molecule has 9 unspecified atom stereocenters. The molecule has 1 saturated heterocycles. The lowest BCUT2D eigenvalue weighted by Crippen LogP contribution is -2.54. The van der Waals surface area contributed by atoms with E-state index < -0.39 is 42.1 Å². The number of ketones is 1. The molecule has 8 heteroatoms. The fourth-order valence-electron chi connectivity index (χ4n) is 4.67. The van der Waals surface area contributed by atoms with Gasteiger partial charge in [-0.1, -0.05) is 20.8 Å². The number of nitrogens with zero attached hydrogens (tertiary/aromatic N) is 1. The third-order valence-electron chi connectivity index (χ3n) is 6.83. The van der Waals surface area contributed by atoms with Gasteiger partial charge in [0.15, 0.2) is 12.1 Å². The Morgan fingerprint density at radius 2 is 1.91 bits per heavy atom. The van der Waals surface area contributed by atoms with Crippen LogP contribution in [0.15, 0.2) is 12.2 Å². The van der Waals surface area contributed by atoms with Crippen LogP contribution in [0, 0.1) is 17.8 Å². The van der Waals surface area contributed by atoms with Crippen LogP contribution in [0.4, 0.5) is 0 Å². The number of carbonyl (C=O) groups is 2. The van der Waals surface area contributed by atoms with Crippen molar-refractivity contribution >= 4 is 11.8 Å². The Hall–Kier alpha value is -1.32. The molecule has 0 saturated carbocycles. The van der Waals surface area contributed by atoms with Crippen molar-refractivity contribution in [2.75, 3.05) is 20.7 Å². The summed E-state index contributed by atoms with van der Waals surface area (Å²) in [6, 6.07) is -0.122. The molecule has 0 aromatic heterocycles. The number of likely N-dealkylation sites (N-methyl/N-ethyl adjacent to an activating group) is 1. The van der Waals surface area contributed by atoms with Gasteiger partial charge in [0, 0.05) is 12.0 Å². The van der Waals surface area contributed by atoms with E-state index in [9.17, 15) is 19.8 Å². The van der Waals surface area contributed by atoms with Crippen molar-refractivity contribution in [2.45, 2.75) is 90.1 Å². The zero-order chi connectivity index (χ0) is 24.2. The van der Waals surface area contributed by atoms with Gasteiger partial charge in [0.2, 0.25) is 0 Å². The first kappa shape index (κ1) is 26.9. The molecule has 0 aliphatic carbocycles. The van der Waals surface area contributed by atoms with Crippen LogP contribution in [-0.2, 0) is 23.8 Å². The molecule has 1 fully saturated rings. The number of aliphatic hydroxyl groups is 2. The Balaban J connectivity index is 2.33. The van der Waals surface area contributed by atoms with Crippen LogP contribution in [0.25, 0.3) is 0 Å². The van der Waals surface area contributed by atoms with Crippen molar-refractivity contribution < 1.29 is 34.0 Å². The molecule has 0 amide bonds. The summed E-state index contributed by atoms with van der Waals surface area (Å²) in [4.78, 5) is 27.7. The van der Waals surface area contributed by atoms with Crippen LogP contribution in [0.2, 0.25) is 0 Å². The molecule has 32 heavy (non-hydrogen) atoms. The number of carbonyl (C=O) groups excluding carboxylic acids is 2. The molecule has 0 radical (unpaired) electrons. The smallest absolute Gasteiger partial charge is 0.311 e. The van der Waals surface area contributed by atoms with Gasteiger partial charge in [0.1, 0.15) is 17.8 Å². The molecular formula is C24H41NO7. The topological polar surface area (TPSA) is 106 Å². The van der Waals surface area contributed by atoms with Gasteiger partial charge in [0.05, 0.1) is 18.6 Å². The predicted octanol–water partition coefficient (Wildman–Crippen LogP) is 1.92. The molecule has 8 nitrogen and oxygen atoms in total. The summed E-state index contributed by atoms with van der Waals surface area (Å²) in [6.45, 7) is 9.26. The van der Waals surface area contributed by atoms with Crippen LogP contribution in [0.3, 0.4) is 0 Å². The Morgan fingerprint density at radius 3 is 2.50 bits per heavy atom. The number of rotatable bonds is 4. The summed E-state index contributed by atoms with van der Waals surface area (Å²) in [5, 5.41) is 21.6. The first-order chi connectivity index (χ1) is 14.9. The van der Waals surface area contributed by atoms with E-state index in [-0.39, 0.29) is 23.7 Å². The predicted molar refractivity (Wildman–Crippen MR) is 120 cm³/mol. The van der Waals surface area contributed by atoms with Crippen molar-refractivity contribution in [3.8, 4) is 0 Å². The highest BCUT2D eigenvalue weighted by Gasteiger charge is 2.42. The number of esters is 1. The van der Waals surface area contributed by atoms with Gasteiger partial charge in [-0.25, -0.2) is 0 Å². The summed E-state index contributed by atoms with van der Waals surface area (Å²) in [7, 11) is 3.79. The second-order valence-corrected chi connectivity index (χ2v) is 9.85. The number of ether oxygens (including phenoxy) is 3. The second kappa shape index (κ2) is 11.2. The summed E-state index contributed by atoms with van der Waals surface area (Å²) < 4.78 is 17.6. The number of cyclic esters (lactones) is 1. The fourth-order valence-corrected chi connectivity index (χ4v) is 4.67. The largest absolute Gasteiger partial charge is 0.459 e. The SMILES string of the molecule is CCC1OC(=O)C(C)C(OC2OCCC(N(C)C)C2O)C(C)CC(C)C(=O)C=CC1(C)O. The first-order valence-corrected chi connectivity index (χ1v) is 11.7. The van der Waals surface area contributed by atoms with Gasteiger partial charge in [-0.3, -0.25) is 9.59 Å². The van der Waals surface area contributed by atoms with Crippen LogP contribution in [-0.4, -0.2) is 83.8 Å². The zero-order valence-corrected chi connectivity index (χ0v) is 20.5. The summed E-state index contributed by atoms with van der Waals surface area (Å²) in [5.41, 5.74) is -1.47. The average Bonchev–Trinajstić information content (AvgIpc) is 2.73. The number of hydrogen-bond acceptors (Lipinski definition) is 8. The van der Waals surface area contributed by atoms with E-state index >= 15 is 0 Å². The van der Waals surface area contributed by atoms with Crippen LogP contribution < -0.4 is 0 Å². The molecule has 184 valence electrons. The van der Waals surface area contributed by atoms with E-state index in [1.165, 1.54) is 19.1 Å². The Morgan fingerprint density at radius 1 is 1.25 bits per heavy atom. The molecule has 2 aliphatic heterocycles. The summed E-state index contributed by atoms with van der Waals surface area (Å²) in [6.07, 6.45) is 1.14. The van der Waals surface area contributed by atoms with E-state index in [1.807, 2.05) is 39.8 Å². The lowest BCUT2D eigenvalue weighted by Gasteiger charge is -2.41. The van der Waals surface area contributed by atoms with Gasteiger partial charge in [-0.2, -0.15) is 0 Å². The van der Waals surface area contributed by atoms with Gasteiger partial charge in [-0.05, 0) is 65.3 Å². The lowest BCUT2D eigenvalue weighted by atomic mass is 9.84. The summed E-state index contributed by atoms with van der Waals surface area (Å²) in [5.74, 6) is -1.78. The molecule has 0 aromatic rings. The van der Waals surface area contributed by atoms with Gasteiger partial charge >= 0.3 is 5.97 Å². The molecule has 0 aromatic carbocycles. The number of allylic oxidation sites excluding steroid dienone is 1. The maximum absolute atomic E-state index is 13.1. The van der Waals surface area contributed by atoms with Gasteiger partial charge < -0.3 is 29.3 Å². The molecule has 9 atom stereocenters. The monoisotopic (exact) mass is 455 g/mol. The van der Waals surface area contributed by atoms with E-state index in [0.717, 1.165) is 0 Å². The van der Waals surface area contributed by atoms with Crippen LogP contribution in [0.1, 0.15) is 53.9 Å². The van der Waals surface area contributed by atoms with Crippen molar-refractivity contribution in [1.82, 2.24) is 4.90 Å². The zero-order valence-electron chi connectivity index (χ0n) is 20.5. The van der Waals surface area contributed by atoms with Gasteiger partial charge in [0.25, 0.3) is 0 Å². The molecular weight excluding hydrogens is 414 g/mol. The lowest BCUT2D eigenvalue weighted by molar-refractivity contribution is -0.262. The minimum atomic E-state index is -1.47. The van der Waals surface area contributed by atoms with Crippen LogP contribution in [0.5, 0.6) is 0 Å². The highest BCUT2D eigenvalue weighted by atomic mass is 16.7. The normalized spacial score (nSPS) is 42.3. The maximum atomic E-state index is 13.1. The minimum Gasteiger partial charge on any atom is -0.459 e. The fraction of sp³-hybridized carbons (Fsp3) is 0.833. The molecule has 2 aliphatic rings. The van der Waals surface area contributed by atoms with Crippen LogP contribution >= 0.6 is 0 Å². The standard InChI is InChI=1S/C24H41NO7/c1-8-19-24(5,29)11-9-18(26)14(2)13-15(3)21(16(4)22(28)31-19)32-23-20(27)17(25(6)7)10-12-30-23/h9,11,14-17,19-21,23,27,29H,8,10,12-13H2,1-7H3. The molecule has 2 rings (SSSR count). The van der Waals surface area contributed by atoms with Crippen molar-refractivity contribution in [2.24, 2.45) is 17.8 Å². The van der Waals surface area contributed by atoms with E-state index in [4.69, 9.17) is 14.2 Å².